The van der Waals surface area contributed by atoms with Crippen molar-refractivity contribution in [3.8, 4) is 0 Å². The molecule has 2 rings (SSSR count). The van der Waals surface area contributed by atoms with Crippen LogP contribution in [0.15, 0.2) is 18.2 Å². The van der Waals surface area contributed by atoms with Crippen LogP contribution < -0.4 is 10.6 Å². The Kier molecular flexibility index (Phi) is 5.10. The van der Waals surface area contributed by atoms with E-state index in [-0.39, 0.29) is 16.5 Å². The number of piperazine rings is 1. The first-order valence-electron chi connectivity index (χ1n) is 7.10. The molecule has 1 aliphatic heterocycles. The van der Waals surface area contributed by atoms with Crippen LogP contribution in [0.1, 0.15) is 18.9 Å². The SMILES string of the molecule is CCCNc1ccc(CN2CCNC(=O)C2)cc1[N+](=O)[O-]. The van der Waals surface area contributed by atoms with Crippen molar-refractivity contribution in [3.63, 3.8) is 0 Å². The van der Waals surface area contributed by atoms with Crippen LogP contribution in [0.25, 0.3) is 0 Å². The third-order valence-corrected chi connectivity index (χ3v) is 3.35. The average molecular weight is 292 g/mol. The van der Waals surface area contributed by atoms with Crippen molar-refractivity contribution in [2.45, 2.75) is 19.9 Å². The van der Waals surface area contributed by atoms with Crippen LogP contribution >= 0.6 is 0 Å². The van der Waals surface area contributed by atoms with E-state index in [0.717, 1.165) is 18.5 Å². The molecule has 1 heterocycles. The number of rotatable bonds is 6. The fraction of sp³-hybridized carbons (Fsp3) is 0.500. The van der Waals surface area contributed by atoms with Crippen LogP contribution in [0, 0.1) is 10.1 Å². The van der Waals surface area contributed by atoms with Gasteiger partial charge in [-0.1, -0.05) is 13.0 Å². The van der Waals surface area contributed by atoms with Gasteiger partial charge in [0.05, 0.1) is 11.5 Å². The minimum absolute atomic E-state index is 0.00279. The van der Waals surface area contributed by atoms with Gasteiger partial charge in [-0.05, 0) is 18.1 Å². The van der Waals surface area contributed by atoms with Crippen LogP contribution in [-0.4, -0.2) is 41.9 Å². The molecule has 0 radical (unpaired) electrons. The van der Waals surface area contributed by atoms with E-state index in [4.69, 9.17) is 0 Å². The van der Waals surface area contributed by atoms with E-state index in [2.05, 4.69) is 10.6 Å². The van der Waals surface area contributed by atoms with Gasteiger partial charge in [-0.3, -0.25) is 19.8 Å². The number of nitrogens with zero attached hydrogens (tertiary/aromatic N) is 2. The molecule has 21 heavy (non-hydrogen) atoms. The van der Waals surface area contributed by atoms with Crippen molar-refractivity contribution >= 4 is 17.3 Å². The van der Waals surface area contributed by atoms with Gasteiger partial charge in [-0.25, -0.2) is 0 Å². The number of amides is 1. The van der Waals surface area contributed by atoms with Crippen LogP contribution in [0.5, 0.6) is 0 Å². The van der Waals surface area contributed by atoms with E-state index >= 15 is 0 Å². The topological polar surface area (TPSA) is 87.5 Å². The van der Waals surface area contributed by atoms with Crippen molar-refractivity contribution in [1.29, 1.82) is 0 Å². The number of nitro groups is 1. The highest BCUT2D eigenvalue weighted by Gasteiger charge is 2.19. The smallest absolute Gasteiger partial charge is 0.292 e. The molecule has 7 heteroatoms. The van der Waals surface area contributed by atoms with Crippen molar-refractivity contribution in [3.05, 3.63) is 33.9 Å². The zero-order valence-corrected chi connectivity index (χ0v) is 12.1. The maximum absolute atomic E-state index is 11.3. The number of nitrogens with one attached hydrogen (secondary N) is 2. The van der Waals surface area contributed by atoms with Gasteiger partial charge in [0.25, 0.3) is 5.69 Å². The summed E-state index contributed by atoms with van der Waals surface area (Å²) < 4.78 is 0. The Morgan fingerprint density at radius 1 is 1.48 bits per heavy atom. The van der Waals surface area contributed by atoms with Crippen LogP contribution in [-0.2, 0) is 11.3 Å². The summed E-state index contributed by atoms with van der Waals surface area (Å²) in [6.07, 6.45) is 0.905. The molecule has 0 saturated carbocycles. The normalized spacial score (nSPS) is 15.6. The standard InChI is InChI=1S/C14H20N4O3/c1-2-5-15-12-4-3-11(8-13(12)18(20)21)9-17-7-6-16-14(19)10-17/h3-4,8,15H,2,5-7,9-10H2,1H3,(H,16,19). The summed E-state index contributed by atoms with van der Waals surface area (Å²) in [5.41, 5.74) is 1.47. The monoisotopic (exact) mass is 292 g/mol. The lowest BCUT2D eigenvalue weighted by Gasteiger charge is -2.26. The number of benzene rings is 1. The van der Waals surface area contributed by atoms with Crippen molar-refractivity contribution in [2.24, 2.45) is 0 Å². The van der Waals surface area contributed by atoms with Crippen LogP contribution in [0.2, 0.25) is 0 Å². The Morgan fingerprint density at radius 2 is 2.29 bits per heavy atom. The van der Waals surface area contributed by atoms with E-state index in [1.165, 1.54) is 0 Å². The molecule has 1 amide bonds. The highest BCUT2D eigenvalue weighted by atomic mass is 16.6. The van der Waals surface area contributed by atoms with Gasteiger partial charge >= 0.3 is 0 Å². The molecule has 0 atom stereocenters. The fourth-order valence-electron chi connectivity index (χ4n) is 2.32. The minimum atomic E-state index is -0.371. The van der Waals surface area contributed by atoms with Crippen LogP contribution in [0.3, 0.4) is 0 Å². The molecule has 1 aliphatic rings. The van der Waals surface area contributed by atoms with Gasteiger partial charge in [0.2, 0.25) is 5.91 Å². The molecule has 2 N–H and O–H groups in total. The highest BCUT2D eigenvalue weighted by Crippen LogP contribution is 2.26. The lowest BCUT2D eigenvalue weighted by Crippen LogP contribution is -2.47. The number of anilines is 1. The second kappa shape index (κ2) is 7.03. The summed E-state index contributed by atoms with van der Waals surface area (Å²) in [6, 6.07) is 5.20. The molecule has 0 unspecified atom stereocenters. The third-order valence-electron chi connectivity index (χ3n) is 3.35. The first-order valence-corrected chi connectivity index (χ1v) is 7.10. The highest BCUT2D eigenvalue weighted by molar-refractivity contribution is 5.78. The van der Waals surface area contributed by atoms with E-state index in [1.54, 1.807) is 12.1 Å². The molecule has 114 valence electrons. The zero-order chi connectivity index (χ0) is 15.2. The van der Waals surface area contributed by atoms with Crippen molar-refractivity contribution < 1.29 is 9.72 Å². The maximum atomic E-state index is 11.3. The molecule has 7 nitrogen and oxygen atoms in total. The molecular formula is C14H20N4O3. The first-order chi connectivity index (χ1) is 10.1. The zero-order valence-electron chi connectivity index (χ0n) is 12.1. The molecule has 0 aromatic heterocycles. The minimum Gasteiger partial charge on any atom is -0.380 e. The molecule has 0 aliphatic carbocycles. The molecule has 1 aromatic rings. The summed E-state index contributed by atoms with van der Waals surface area (Å²) in [6.45, 7) is 4.97. The molecule has 0 spiro atoms. The Labute approximate surface area is 123 Å². The van der Waals surface area contributed by atoms with Crippen molar-refractivity contribution in [1.82, 2.24) is 10.2 Å². The van der Waals surface area contributed by atoms with Gasteiger partial charge < -0.3 is 10.6 Å². The van der Waals surface area contributed by atoms with Crippen molar-refractivity contribution in [2.75, 3.05) is 31.5 Å². The van der Waals surface area contributed by atoms with E-state index in [9.17, 15) is 14.9 Å². The molecule has 1 saturated heterocycles. The van der Waals surface area contributed by atoms with Gasteiger partial charge in [0.15, 0.2) is 0 Å². The second-order valence-electron chi connectivity index (χ2n) is 5.10. The molecular weight excluding hydrogens is 272 g/mol. The Balaban J connectivity index is 2.11. The lowest BCUT2D eigenvalue weighted by atomic mass is 10.1. The molecule has 1 fully saturated rings. The van der Waals surface area contributed by atoms with Crippen LogP contribution in [0.4, 0.5) is 11.4 Å². The number of carbonyl (C=O) groups is 1. The van der Waals surface area contributed by atoms with E-state index in [1.807, 2.05) is 17.9 Å². The Bertz CT molecular complexity index is 533. The van der Waals surface area contributed by atoms with Gasteiger partial charge in [-0.15, -0.1) is 0 Å². The number of hydrogen-bond donors (Lipinski definition) is 2. The fourth-order valence-corrected chi connectivity index (χ4v) is 2.32. The number of nitro benzene ring substituents is 1. The second-order valence-corrected chi connectivity index (χ2v) is 5.10. The van der Waals surface area contributed by atoms with E-state index in [0.29, 0.717) is 31.9 Å². The van der Waals surface area contributed by atoms with E-state index < -0.39 is 0 Å². The predicted octanol–water partition coefficient (Wildman–Crippen LogP) is 1.35. The van der Waals surface area contributed by atoms with Gasteiger partial charge in [0.1, 0.15) is 5.69 Å². The summed E-state index contributed by atoms with van der Waals surface area (Å²) in [7, 11) is 0. The summed E-state index contributed by atoms with van der Waals surface area (Å²) in [5, 5.41) is 17.0. The number of carbonyl (C=O) groups excluding carboxylic acids is 1. The van der Waals surface area contributed by atoms with Gasteiger partial charge in [0, 0.05) is 32.2 Å². The first kappa shape index (κ1) is 15.2. The Hall–Kier alpha value is -2.15. The molecule has 1 aromatic carbocycles. The van der Waals surface area contributed by atoms with Gasteiger partial charge in [-0.2, -0.15) is 0 Å². The summed E-state index contributed by atoms with van der Waals surface area (Å²) in [4.78, 5) is 24.1. The largest absolute Gasteiger partial charge is 0.380 e. The lowest BCUT2D eigenvalue weighted by molar-refractivity contribution is -0.384. The summed E-state index contributed by atoms with van der Waals surface area (Å²) >= 11 is 0. The molecule has 0 bridgehead atoms. The number of hydrogen-bond acceptors (Lipinski definition) is 5. The third kappa shape index (κ3) is 4.16. The summed E-state index contributed by atoms with van der Waals surface area (Å²) in [5.74, 6) is -0.00279. The Morgan fingerprint density at radius 3 is 2.95 bits per heavy atom. The average Bonchev–Trinajstić information content (AvgIpc) is 2.45. The quantitative estimate of drug-likeness (QED) is 0.610. The maximum Gasteiger partial charge on any atom is 0.292 e. The predicted molar refractivity (Wildman–Crippen MR) is 80.2 cm³/mol.